The molecule has 2 aromatic rings. The second-order valence-electron chi connectivity index (χ2n) is 4.70. The molecule has 0 bridgehead atoms. The highest BCUT2D eigenvalue weighted by Crippen LogP contribution is 2.33. The van der Waals surface area contributed by atoms with Crippen molar-refractivity contribution in [3.05, 3.63) is 75.8 Å². The molecule has 0 atom stereocenters. The van der Waals surface area contributed by atoms with Gasteiger partial charge in [-0.25, -0.2) is 4.90 Å². The molecule has 1 heterocycles. The minimum Gasteiger partial charge on any atom is -0.268 e. The van der Waals surface area contributed by atoms with E-state index in [-0.39, 0.29) is 16.8 Å². The van der Waals surface area contributed by atoms with Crippen LogP contribution in [0.25, 0.3) is 6.08 Å². The average Bonchev–Trinajstić information content (AvgIpc) is 2.79. The number of carbonyl (C=O) groups excluding carboxylic acids is 2. The Balaban J connectivity index is 2.11. The summed E-state index contributed by atoms with van der Waals surface area (Å²) in [5, 5.41) is 11.1. The van der Waals surface area contributed by atoms with Crippen molar-refractivity contribution >= 4 is 29.3 Å². The molecule has 22 heavy (non-hydrogen) atoms. The Morgan fingerprint density at radius 1 is 1.05 bits per heavy atom. The Labute approximate surface area is 125 Å². The predicted octanol–water partition coefficient (Wildman–Crippen LogP) is 3.04. The molecule has 0 saturated heterocycles. The number of carbonyl (C=O) groups is 2. The van der Waals surface area contributed by atoms with Crippen LogP contribution < -0.4 is 4.90 Å². The summed E-state index contributed by atoms with van der Waals surface area (Å²) in [6.45, 7) is 3.63. The fourth-order valence-electron chi connectivity index (χ4n) is 2.41. The molecule has 1 aliphatic rings. The fourth-order valence-corrected chi connectivity index (χ4v) is 2.41. The first-order chi connectivity index (χ1) is 10.5. The smallest absolute Gasteiger partial charge is 0.268 e. The summed E-state index contributed by atoms with van der Waals surface area (Å²) in [6.07, 6.45) is 1.64. The number of hydrogen-bond donors (Lipinski definition) is 0. The van der Waals surface area contributed by atoms with Gasteiger partial charge < -0.3 is 0 Å². The van der Waals surface area contributed by atoms with E-state index in [2.05, 4.69) is 6.58 Å². The lowest BCUT2D eigenvalue weighted by Gasteiger charge is -2.13. The lowest BCUT2D eigenvalue weighted by molar-refractivity contribution is -0.385. The summed E-state index contributed by atoms with van der Waals surface area (Å²) in [5.74, 6) is -1.24. The number of imide groups is 1. The molecule has 6 nitrogen and oxygen atoms in total. The summed E-state index contributed by atoms with van der Waals surface area (Å²) in [7, 11) is 0. The Bertz CT molecular complexity index is 825. The Morgan fingerprint density at radius 3 is 2.32 bits per heavy atom. The fraction of sp³-hybridized carbons (Fsp3) is 0. The second-order valence-corrected chi connectivity index (χ2v) is 4.70. The molecule has 108 valence electrons. The summed E-state index contributed by atoms with van der Waals surface area (Å²) < 4.78 is 0. The maximum absolute atomic E-state index is 12.5. The molecule has 2 aromatic carbocycles. The van der Waals surface area contributed by atoms with Gasteiger partial charge >= 0.3 is 0 Å². The molecular formula is C16H10N2O4. The normalized spacial score (nSPS) is 13.2. The molecule has 3 rings (SSSR count). The number of amides is 2. The van der Waals surface area contributed by atoms with E-state index in [0.29, 0.717) is 5.69 Å². The van der Waals surface area contributed by atoms with Crippen molar-refractivity contribution in [1.82, 2.24) is 0 Å². The van der Waals surface area contributed by atoms with Crippen molar-refractivity contribution in [2.45, 2.75) is 0 Å². The number of fused-ring (bicyclic) bond motifs is 1. The van der Waals surface area contributed by atoms with Crippen molar-refractivity contribution in [2.75, 3.05) is 4.90 Å². The van der Waals surface area contributed by atoms with Crippen molar-refractivity contribution in [3.8, 4) is 0 Å². The minimum atomic E-state index is -0.682. The third kappa shape index (κ3) is 1.89. The highest BCUT2D eigenvalue weighted by atomic mass is 16.6. The number of rotatable bonds is 3. The highest BCUT2D eigenvalue weighted by molar-refractivity contribution is 6.35. The van der Waals surface area contributed by atoms with Crippen LogP contribution in [-0.4, -0.2) is 16.7 Å². The van der Waals surface area contributed by atoms with E-state index in [9.17, 15) is 19.7 Å². The third-order valence-corrected chi connectivity index (χ3v) is 3.48. The lowest BCUT2D eigenvalue weighted by Crippen LogP contribution is -2.29. The van der Waals surface area contributed by atoms with E-state index in [0.717, 1.165) is 10.5 Å². The van der Waals surface area contributed by atoms with Gasteiger partial charge in [0.2, 0.25) is 0 Å². The Hall–Kier alpha value is -3.28. The average molecular weight is 294 g/mol. The van der Waals surface area contributed by atoms with E-state index in [1.807, 2.05) is 0 Å². The molecule has 2 amide bonds. The second kappa shape index (κ2) is 4.92. The summed E-state index contributed by atoms with van der Waals surface area (Å²) in [6, 6.07) is 10.6. The molecule has 0 fully saturated rings. The van der Waals surface area contributed by atoms with Gasteiger partial charge in [-0.3, -0.25) is 19.7 Å². The van der Waals surface area contributed by atoms with Crippen LogP contribution in [0.2, 0.25) is 0 Å². The Morgan fingerprint density at radius 2 is 1.73 bits per heavy atom. The SMILES string of the molecule is C=Cc1ccc(N2C(=O)c3cccc([N+](=O)[O-])c3C2=O)cc1. The van der Waals surface area contributed by atoms with Gasteiger partial charge in [0.15, 0.2) is 0 Å². The summed E-state index contributed by atoms with van der Waals surface area (Å²) in [4.78, 5) is 36.2. The van der Waals surface area contributed by atoms with E-state index in [1.54, 1.807) is 30.3 Å². The Kier molecular flexibility index (Phi) is 3.06. The first-order valence-corrected chi connectivity index (χ1v) is 6.43. The highest BCUT2D eigenvalue weighted by Gasteiger charge is 2.41. The number of nitrogens with zero attached hydrogens (tertiary/aromatic N) is 2. The minimum absolute atomic E-state index is 0.0481. The van der Waals surface area contributed by atoms with E-state index in [1.165, 1.54) is 18.2 Å². The zero-order valence-corrected chi connectivity index (χ0v) is 11.4. The van der Waals surface area contributed by atoms with Crippen molar-refractivity contribution in [2.24, 2.45) is 0 Å². The van der Waals surface area contributed by atoms with Crippen molar-refractivity contribution in [1.29, 1.82) is 0 Å². The molecule has 0 N–H and O–H groups in total. The first kappa shape index (κ1) is 13.7. The van der Waals surface area contributed by atoms with Crippen LogP contribution >= 0.6 is 0 Å². The van der Waals surface area contributed by atoms with E-state index in [4.69, 9.17) is 0 Å². The van der Waals surface area contributed by atoms with Gasteiger partial charge in [0.25, 0.3) is 17.5 Å². The maximum atomic E-state index is 12.5. The quantitative estimate of drug-likeness (QED) is 0.495. The van der Waals surface area contributed by atoms with Gasteiger partial charge in [0.05, 0.1) is 16.2 Å². The molecule has 1 aliphatic heterocycles. The van der Waals surface area contributed by atoms with Crippen LogP contribution in [-0.2, 0) is 0 Å². The molecule has 0 aromatic heterocycles. The predicted molar refractivity (Wildman–Crippen MR) is 80.8 cm³/mol. The monoisotopic (exact) mass is 294 g/mol. The first-order valence-electron chi connectivity index (χ1n) is 6.43. The third-order valence-electron chi connectivity index (χ3n) is 3.48. The van der Waals surface area contributed by atoms with Gasteiger partial charge in [-0.2, -0.15) is 0 Å². The van der Waals surface area contributed by atoms with Crippen LogP contribution in [0.15, 0.2) is 49.0 Å². The molecule has 0 aliphatic carbocycles. The van der Waals surface area contributed by atoms with Crippen LogP contribution in [0.1, 0.15) is 26.3 Å². The molecule has 0 saturated carbocycles. The molecular weight excluding hydrogens is 284 g/mol. The topological polar surface area (TPSA) is 80.5 Å². The zero-order valence-electron chi connectivity index (χ0n) is 11.4. The summed E-state index contributed by atoms with van der Waals surface area (Å²) in [5.41, 5.74) is 0.732. The van der Waals surface area contributed by atoms with Gasteiger partial charge in [-0.1, -0.05) is 30.9 Å². The van der Waals surface area contributed by atoms with E-state index >= 15 is 0 Å². The van der Waals surface area contributed by atoms with Gasteiger partial charge in [0, 0.05) is 6.07 Å². The van der Waals surface area contributed by atoms with Crippen LogP contribution in [0.4, 0.5) is 11.4 Å². The molecule has 0 spiro atoms. The lowest BCUT2D eigenvalue weighted by atomic mass is 10.1. The zero-order chi connectivity index (χ0) is 15.9. The van der Waals surface area contributed by atoms with Crippen molar-refractivity contribution in [3.63, 3.8) is 0 Å². The number of nitro groups is 1. The van der Waals surface area contributed by atoms with Gasteiger partial charge in [-0.15, -0.1) is 0 Å². The van der Waals surface area contributed by atoms with Crippen molar-refractivity contribution < 1.29 is 14.5 Å². The van der Waals surface area contributed by atoms with Crippen LogP contribution in [0.3, 0.4) is 0 Å². The van der Waals surface area contributed by atoms with Gasteiger partial charge in [0.1, 0.15) is 5.56 Å². The number of anilines is 1. The number of nitro benzene ring substituents is 1. The molecule has 6 heteroatoms. The van der Waals surface area contributed by atoms with Crippen LogP contribution in [0.5, 0.6) is 0 Å². The van der Waals surface area contributed by atoms with E-state index < -0.39 is 16.7 Å². The molecule has 0 unspecified atom stereocenters. The maximum Gasteiger partial charge on any atom is 0.283 e. The number of benzene rings is 2. The number of hydrogen-bond acceptors (Lipinski definition) is 4. The van der Waals surface area contributed by atoms with Gasteiger partial charge in [-0.05, 0) is 23.8 Å². The largest absolute Gasteiger partial charge is 0.283 e. The summed E-state index contributed by atoms with van der Waals surface area (Å²) >= 11 is 0. The molecule has 0 radical (unpaired) electrons. The van der Waals surface area contributed by atoms with Crippen LogP contribution in [0, 0.1) is 10.1 Å². The standard InChI is InChI=1S/C16H10N2O4/c1-2-10-6-8-11(9-7-10)17-15(19)12-4-3-5-13(18(21)22)14(12)16(17)20/h2-9H,1H2.